The van der Waals surface area contributed by atoms with Crippen molar-refractivity contribution in [1.29, 1.82) is 0 Å². The van der Waals surface area contributed by atoms with E-state index in [1.165, 1.54) is 5.56 Å². The summed E-state index contributed by atoms with van der Waals surface area (Å²) in [4.78, 5) is 14.5. The molecule has 0 saturated heterocycles. The van der Waals surface area contributed by atoms with Gasteiger partial charge in [-0.3, -0.25) is 4.79 Å². The van der Waals surface area contributed by atoms with Gasteiger partial charge >= 0.3 is 0 Å². The highest BCUT2D eigenvalue weighted by Crippen LogP contribution is 2.35. The highest BCUT2D eigenvalue weighted by Gasteiger charge is 2.17. The molecule has 0 radical (unpaired) electrons. The number of halogens is 1. The molecule has 1 aromatic carbocycles. The lowest BCUT2D eigenvalue weighted by atomic mass is 9.94. The summed E-state index contributed by atoms with van der Waals surface area (Å²) in [5.74, 6) is 1.13. The summed E-state index contributed by atoms with van der Waals surface area (Å²) >= 11 is 3.57. The van der Waals surface area contributed by atoms with Crippen LogP contribution in [0.25, 0.3) is 10.9 Å². The lowest BCUT2D eigenvalue weighted by Crippen LogP contribution is -2.25. The molecule has 1 amide bonds. The SMILES string of the molecule is CCCC(CNC(C)=O)c1c[nH]c2c(Br)cc(OC)cc12. The molecule has 4 nitrogen and oxygen atoms in total. The van der Waals surface area contributed by atoms with Gasteiger partial charge in [0.2, 0.25) is 5.91 Å². The van der Waals surface area contributed by atoms with Crippen molar-refractivity contribution < 1.29 is 9.53 Å². The molecular formula is C16H21BrN2O2. The lowest BCUT2D eigenvalue weighted by Gasteiger charge is -2.16. The standard InChI is InChI=1S/C16H21BrN2O2/c1-4-5-11(8-18-10(2)20)14-9-19-16-13(14)6-12(21-3)7-15(16)17/h6-7,9,11,19H,4-5,8H2,1-3H3,(H,18,20). The summed E-state index contributed by atoms with van der Waals surface area (Å²) in [6.45, 7) is 4.37. The normalized spacial score (nSPS) is 12.4. The molecular weight excluding hydrogens is 332 g/mol. The number of ether oxygens (including phenoxy) is 1. The van der Waals surface area contributed by atoms with Crippen molar-refractivity contribution in [2.75, 3.05) is 13.7 Å². The van der Waals surface area contributed by atoms with Crippen molar-refractivity contribution in [2.45, 2.75) is 32.6 Å². The first-order valence-electron chi connectivity index (χ1n) is 7.15. The van der Waals surface area contributed by atoms with E-state index in [1.54, 1.807) is 14.0 Å². The summed E-state index contributed by atoms with van der Waals surface area (Å²) < 4.78 is 6.34. The van der Waals surface area contributed by atoms with Crippen molar-refractivity contribution >= 4 is 32.7 Å². The van der Waals surface area contributed by atoms with Gasteiger partial charge in [0.15, 0.2) is 0 Å². The highest BCUT2D eigenvalue weighted by atomic mass is 79.9. The molecule has 1 unspecified atom stereocenters. The van der Waals surface area contributed by atoms with Gasteiger partial charge < -0.3 is 15.0 Å². The van der Waals surface area contributed by atoms with Gasteiger partial charge in [0.1, 0.15) is 5.75 Å². The quantitative estimate of drug-likeness (QED) is 0.826. The molecule has 21 heavy (non-hydrogen) atoms. The number of rotatable bonds is 6. The first-order chi connectivity index (χ1) is 10.1. The molecule has 0 spiro atoms. The molecule has 114 valence electrons. The Hall–Kier alpha value is -1.49. The van der Waals surface area contributed by atoms with Crippen LogP contribution in [-0.4, -0.2) is 24.5 Å². The predicted octanol–water partition coefficient (Wildman–Crippen LogP) is 3.96. The van der Waals surface area contributed by atoms with Crippen LogP contribution in [0.2, 0.25) is 0 Å². The zero-order valence-corrected chi connectivity index (χ0v) is 14.2. The van der Waals surface area contributed by atoms with Gasteiger partial charge in [-0.15, -0.1) is 0 Å². The van der Waals surface area contributed by atoms with Gasteiger partial charge in [-0.25, -0.2) is 0 Å². The minimum atomic E-state index is 0.00899. The number of carbonyl (C=O) groups is 1. The maximum absolute atomic E-state index is 11.2. The Balaban J connectivity index is 2.42. The number of carbonyl (C=O) groups excluding carboxylic acids is 1. The van der Waals surface area contributed by atoms with E-state index in [0.29, 0.717) is 12.5 Å². The molecule has 0 aliphatic heterocycles. The minimum Gasteiger partial charge on any atom is -0.497 e. The van der Waals surface area contributed by atoms with Crippen LogP contribution in [0, 0.1) is 0 Å². The first kappa shape index (κ1) is 15.9. The summed E-state index contributed by atoms with van der Waals surface area (Å²) in [6, 6.07) is 3.99. The molecule has 2 rings (SSSR count). The lowest BCUT2D eigenvalue weighted by molar-refractivity contribution is -0.119. The number of hydrogen-bond acceptors (Lipinski definition) is 2. The van der Waals surface area contributed by atoms with E-state index in [-0.39, 0.29) is 5.91 Å². The van der Waals surface area contributed by atoms with Crippen molar-refractivity contribution in [3.05, 3.63) is 28.4 Å². The van der Waals surface area contributed by atoms with Gasteiger partial charge in [-0.05, 0) is 40.0 Å². The fourth-order valence-electron chi connectivity index (χ4n) is 2.62. The zero-order chi connectivity index (χ0) is 15.4. The second-order valence-electron chi connectivity index (χ2n) is 5.20. The fourth-order valence-corrected chi connectivity index (χ4v) is 3.18. The Kier molecular flexibility index (Phi) is 5.28. The van der Waals surface area contributed by atoms with Crippen molar-refractivity contribution in [2.24, 2.45) is 0 Å². The summed E-state index contributed by atoms with van der Waals surface area (Å²) in [5, 5.41) is 4.07. The van der Waals surface area contributed by atoms with Crippen LogP contribution in [0.5, 0.6) is 5.75 Å². The van der Waals surface area contributed by atoms with Crippen LogP contribution in [-0.2, 0) is 4.79 Å². The van der Waals surface area contributed by atoms with E-state index in [4.69, 9.17) is 4.74 Å². The fraction of sp³-hybridized carbons (Fsp3) is 0.438. The van der Waals surface area contributed by atoms with Crippen LogP contribution in [0.3, 0.4) is 0 Å². The van der Waals surface area contributed by atoms with Gasteiger partial charge in [-0.1, -0.05) is 13.3 Å². The number of fused-ring (bicyclic) bond motifs is 1. The number of methoxy groups -OCH3 is 1. The molecule has 2 aromatic rings. The number of aromatic amines is 1. The topological polar surface area (TPSA) is 54.1 Å². The number of amides is 1. The predicted molar refractivity (Wildman–Crippen MR) is 88.9 cm³/mol. The molecule has 5 heteroatoms. The second-order valence-corrected chi connectivity index (χ2v) is 6.05. The third-order valence-electron chi connectivity index (χ3n) is 3.66. The van der Waals surface area contributed by atoms with E-state index in [2.05, 4.69) is 33.2 Å². The largest absolute Gasteiger partial charge is 0.497 e. The Bertz CT molecular complexity index is 636. The van der Waals surface area contributed by atoms with E-state index in [9.17, 15) is 4.79 Å². The van der Waals surface area contributed by atoms with Crippen molar-refractivity contribution in [3.8, 4) is 5.75 Å². The number of benzene rings is 1. The maximum atomic E-state index is 11.2. The molecule has 0 bridgehead atoms. The smallest absolute Gasteiger partial charge is 0.216 e. The Morgan fingerprint density at radius 2 is 2.24 bits per heavy atom. The Labute approximate surface area is 133 Å². The molecule has 0 saturated carbocycles. The van der Waals surface area contributed by atoms with E-state index >= 15 is 0 Å². The van der Waals surface area contributed by atoms with Crippen LogP contribution in [0.1, 0.15) is 38.2 Å². The third kappa shape index (κ3) is 3.59. The van der Waals surface area contributed by atoms with Gasteiger partial charge in [0.05, 0.1) is 12.6 Å². The number of nitrogens with one attached hydrogen (secondary N) is 2. The van der Waals surface area contributed by atoms with E-state index < -0.39 is 0 Å². The molecule has 0 aliphatic rings. The highest BCUT2D eigenvalue weighted by molar-refractivity contribution is 9.10. The number of H-pyrrole nitrogens is 1. The third-order valence-corrected chi connectivity index (χ3v) is 4.28. The molecule has 1 aromatic heterocycles. The average molecular weight is 353 g/mol. The molecule has 0 fully saturated rings. The Morgan fingerprint density at radius 3 is 2.86 bits per heavy atom. The molecule has 0 aliphatic carbocycles. The van der Waals surface area contributed by atoms with Crippen molar-refractivity contribution in [1.82, 2.24) is 10.3 Å². The van der Waals surface area contributed by atoms with Crippen molar-refractivity contribution in [3.63, 3.8) is 0 Å². The first-order valence-corrected chi connectivity index (χ1v) is 7.95. The number of hydrogen-bond donors (Lipinski definition) is 2. The Morgan fingerprint density at radius 1 is 1.48 bits per heavy atom. The second kappa shape index (κ2) is 6.98. The van der Waals surface area contributed by atoms with Crippen LogP contribution < -0.4 is 10.1 Å². The van der Waals surface area contributed by atoms with Crippen LogP contribution in [0.15, 0.2) is 22.8 Å². The van der Waals surface area contributed by atoms with E-state index in [1.807, 2.05) is 18.3 Å². The van der Waals surface area contributed by atoms with Crippen LogP contribution in [0.4, 0.5) is 0 Å². The molecule has 2 N–H and O–H groups in total. The molecule has 1 heterocycles. The minimum absolute atomic E-state index is 0.00899. The number of aromatic nitrogens is 1. The van der Waals surface area contributed by atoms with Gasteiger partial charge in [-0.2, -0.15) is 0 Å². The van der Waals surface area contributed by atoms with Gasteiger partial charge in [0, 0.05) is 35.4 Å². The monoisotopic (exact) mass is 352 g/mol. The summed E-state index contributed by atoms with van der Waals surface area (Å²) in [6.07, 6.45) is 4.14. The maximum Gasteiger partial charge on any atom is 0.216 e. The zero-order valence-electron chi connectivity index (χ0n) is 12.6. The summed E-state index contributed by atoms with van der Waals surface area (Å²) in [7, 11) is 1.67. The average Bonchev–Trinajstić information content (AvgIpc) is 2.87. The molecule has 1 atom stereocenters. The van der Waals surface area contributed by atoms with Crippen LogP contribution >= 0.6 is 15.9 Å². The van der Waals surface area contributed by atoms with E-state index in [0.717, 1.165) is 34.0 Å². The summed E-state index contributed by atoms with van der Waals surface area (Å²) in [5.41, 5.74) is 2.29. The van der Waals surface area contributed by atoms with Gasteiger partial charge in [0.25, 0.3) is 0 Å².